The van der Waals surface area contributed by atoms with Crippen LogP contribution in [0, 0.1) is 13.8 Å². The molecule has 0 saturated carbocycles. The zero-order chi connectivity index (χ0) is 29.7. The van der Waals surface area contributed by atoms with E-state index < -0.39 is 34.1 Å². The van der Waals surface area contributed by atoms with Crippen molar-refractivity contribution in [2.45, 2.75) is 71.0 Å². The molecule has 1 atom stereocenters. The molecule has 0 unspecified atom stereocenters. The molecular weight excluding hydrogens is 546 g/mol. The van der Waals surface area contributed by atoms with Gasteiger partial charge in [0.1, 0.15) is 12.6 Å². The van der Waals surface area contributed by atoms with Gasteiger partial charge in [-0.25, -0.2) is 8.42 Å². The topological polar surface area (TPSA) is 86.8 Å². The Morgan fingerprint density at radius 2 is 1.57 bits per heavy atom. The standard InChI is InChI=1S/C31H38ClN3O4S/c1-7-27(30(37)33-31(4,5)6)34(20-24-12-10-11-23(3)19-24)29(36)21-35(28-14-9-8-13-26(28)32)40(38,39)25-17-15-22(2)16-18-25/h8-19,27H,7,20-21H2,1-6H3,(H,33,37)/t27-/m0/s1. The van der Waals surface area contributed by atoms with Crippen molar-refractivity contribution in [1.29, 1.82) is 0 Å². The first-order valence-corrected chi connectivity index (χ1v) is 15.1. The molecule has 3 aromatic carbocycles. The molecule has 0 radical (unpaired) electrons. The average Bonchev–Trinajstić information content (AvgIpc) is 2.86. The smallest absolute Gasteiger partial charge is 0.264 e. The van der Waals surface area contributed by atoms with Crippen molar-refractivity contribution in [2.24, 2.45) is 0 Å². The Hall–Kier alpha value is -3.36. The van der Waals surface area contributed by atoms with E-state index in [0.717, 1.165) is 21.0 Å². The maximum absolute atomic E-state index is 14.1. The Kier molecular flexibility index (Phi) is 10.0. The number of sulfonamides is 1. The van der Waals surface area contributed by atoms with Crippen LogP contribution in [-0.2, 0) is 26.2 Å². The average molecular weight is 584 g/mol. The van der Waals surface area contributed by atoms with Crippen LogP contribution in [0.5, 0.6) is 0 Å². The summed E-state index contributed by atoms with van der Waals surface area (Å²) in [5.74, 6) is -0.824. The molecule has 2 amide bonds. The number of rotatable bonds is 10. The Bertz CT molecular complexity index is 1450. The molecule has 0 heterocycles. The van der Waals surface area contributed by atoms with Crippen molar-refractivity contribution in [3.05, 3.63) is 94.5 Å². The second-order valence-corrected chi connectivity index (χ2v) is 13.2. The third-order valence-corrected chi connectivity index (χ3v) is 8.42. The highest BCUT2D eigenvalue weighted by Crippen LogP contribution is 2.31. The zero-order valence-corrected chi connectivity index (χ0v) is 25.5. The molecule has 7 nitrogen and oxygen atoms in total. The summed E-state index contributed by atoms with van der Waals surface area (Å²) in [4.78, 5) is 29.0. The largest absolute Gasteiger partial charge is 0.350 e. The highest BCUT2D eigenvalue weighted by Gasteiger charge is 2.35. The first kappa shape index (κ1) is 31.2. The molecule has 1 N–H and O–H groups in total. The summed E-state index contributed by atoms with van der Waals surface area (Å²) in [7, 11) is -4.18. The molecule has 214 valence electrons. The SMILES string of the molecule is CC[C@@H](C(=O)NC(C)(C)C)N(Cc1cccc(C)c1)C(=O)CN(c1ccccc1Cl)S(=O)(=O)c1ccc(C)cc1. The third-order valence-electron chi connectivity index (χ3n) is 6.33. The van der Waals surface area contributed by atoms with Crippen LogP contribution < -0.4 is 9.62 Å². The Balaban J connectivity index is 2.09. The second-order valence-electron chi connectivity index (χ2n) is 11.0. The molecule has 0 aliphatic carbocycles. The van der Waals surface area contributed by atoms with Crippen molar-refractivity contribution in [2.75, 3.05) is 10.8 Å². The zero-order valence-electron chi connectivity index (χ0n) is 23.9. The Morgan fingerprint density at radius 3 is 2.15 bits per heavy atom. The number of hydrogen-bond donors (Lipinski definition) is 1. The minimum Gasteiger partial charge on any atom is -0.350 e. The molecule has 9 heteroatoms. The summed E-state index contributed by atoms with van der Waals surface area (Å²) in [6.07, 6.45) is 0.344. The fraction of sp³-hybridized carbons (Fsp3) is 0.355. The lowest BCUT2D eigenvalue weighted by atomic mass is 10.0. The highest BCUT2D eigenvalue weighted by molar-refractivity contribution is 7.92. The molecule has 0 fully saturated rings. The minimum atomic E-state index is -4.18. The van der Waals surface area contributed by atoms with Crippen LogP contribution in [0.3, 0.4) is 0 Å². The van der Waals surface area contributed by atoms with Crippen LogP contribution >= 0.6 is 11.6 Å². The maximum Gasteiger partial charge on any atom is 0.264 e. The number of anilines is 1. The number of nitrogens with zero attached hydrogens (tertiary/aromatic N) is 2. The number of nitrogens with one attached hydrogen (secondary N) is 1. The second kappa shape index (κ2) is 12.9. The van der Waals surface area contributed by atoms with Crippen LogP contribution in [0.2, 0.25) is 5.02 Å². The summed E-state index contributed by atoms with van der Waals surface area (Å²) < 4.78 is 28.9. The van der Waals surface area contributed by atoms with E-state index in [2.05, 4.69) is 5.32 Å². The number of carbonyl (C=O) groups is 2. The van der Waals surface area contributed by atoms with Crippen LogP contribution in [0.15, 0.2) is 77.7 Å². The molecule has 0 aromatic heterocycles. The monoisotopic (exact) mass is 583 g/mol. The van der Waals surface area contributed by atoms with Crippen LogP contribution in [0.1, 0.15) is 50.8 Å². The van der Waals surface area contributed by atoms with Gasteiger partial charge in [0.15, 0.2) is 0 Å². The lowest BCUT2D eigenvalue weighted by Gasteiger charge is -2.35. The van der Waals surface area contributed by atoms with Crippen molar-refractivity contribution in [1.82, 2.24) is 10.2 Å². The fourth-order valence-electron chi connectivity index (χ4n) is 4.38. The predicted octanol–water partition coefficient (Wildman–Crippen LogP) is 5.87. The normalized spacial score (nSPS) is 12.5. The Morgan fingerprint density at radius 1 is 0.925 bits per heavy atom. The third kappa shape index (κ3) is 7.86. The van der Waals surface area contributed by atoms with E-state index in [1.807, 2.05) is 65.8 Å². The number of amides is 2. The highest BCUT2D eigenvalue weighted by atomic mass is 35.5. The number of carbonyl (C=O) groups excluding carboxylic acids is 2. The number of halogens is 1. The summed E-state index contributed by atoms with van der Waals surface area (Å²) in [5, 5.41) is 3.16. The van der Waals surface area contributed by atoms with Gasteiger partial charge in [0.05, 0.1) is 15.6 Å². The van der Waals surface area contributed by atoms with Crippen molar-refractivity contribution >= 4 is 39.1 Å². The molecule has 0 aliphatic rings. The van der Waals surface area contributed by atoms with E-state index in [1.54, 1.807) is 36.4 Å². The quantitative estimate of drug-likeness (QED) is 0.323. The summed E-state index contributed by atoms with van der Waals surface area (Å²) >= 11 is 6.47. The van der Waals surface area contributed by atoms with Crippen LogP contribution in [0.4, 0.5) is 5.69 Å². The van der Waals surface area contributed by atoms with Crippen molar-refractivity contribution in [3.8, 4) is 0 Å². The van der Waals surface area contributed by atoms with E-state index in [9.17, 15) is 18.0 Å². The molecule has 0 saturated heterocycles. The maximum atomic E-state index is 14.1. The summed E-state index contributed by atoms with van der Waals surface area (Å²) in [5.41, 5.74) is 2.42. The Labute approximate surface area is 243 Å². The molecule has 0 bridgehead atoms. The molecule has 3 aromatic rings. The van der Waals surface area contributed by atoms with Gasteiger partial charge in [0.25, 0.3) is 10.0 Å². The summed E-state index contributed by atoms with van der Waals surface area (Å²) in [6.45, 7) is 10.9. The van der Waals surface area contributed by atoms with E-state index >= 15 is 0 Å². The van der Waals surface area contributed by atoms with Gasteiger partial charge in [-0.15, -0.1) is 0 Å². The fourth-order valence-corrected chi connectivity index (χ4v) is 6.11. The van der Waals surface area contributed by atoms with Crippen LogP contribution in [-0.4, -0.2) is 43.3 Å². The number of aryl methyl sites for hydroxylation is 2. The molecule has 0 aliphatic heterocycles. The van der Waals surface area contributed by atoms with Crippen molar-refractivity contribution in [3.63, 3.8) is 0 Å². The van der Waals surface area contributed by atoms with Gasteiger partial charge in [0.2, 0.25) is 11.8 Å². The van der Waals surface area contributed by atoms with Gasteiger partial charge in [-0.1, -0.05) is 78.2 Å². The van der Waals surface area contributed by atoms with Gasteiger partial charge < -0.3 is 10.2 Å². The van der Waals surface area contributed by atoms with Gasteiger partial charge in [-0.2, -0.15) is 0 Å². The van der Waals surface area contributed by atoms with E-state index in [4.69, 9.17) is 11.6 Å². The van der Waals surface area contributed by atoms with E-state index in [1.165, 1.54) is 17.0 Å². The minimum absolute atomic E-state index is 0.0357. The molecule has 40 heavy (non-hydrogen) atoms. The van der Waals surface area contributed by atoms with Gasteiger partial charge in [0, 0.05) is 12.1 Å². The summed E-state index contributed by atoms with van der Waals surface area (Å²) in [6, 6.07) is 19.8. The van der Waals surface area contributed by atoms with Crippen molar-refractivity contribution < 1.29 is 18.0 Å². The number of benzene rings is 3. The lowest BCUT2D eigenvalue weighted by Crippen LogP contribution is -2.55. The van der Waals surface area contributed by atoms with E-state index in [0.29, 0.717) is 6.42 Å². The molecule has 3 rings (SSSR count). The van der Waals surface area contributed by atoms with E-state index in [-0.39, 0.29) is 28.1 Å². The van der Waals surface area contributed by atoms with Gasteiger partial charge in [-0.05, 0) is 70.9 Å². The number of hydrogen-bond acceptors (Lipinski definition) is 4. The first-order valence-electron chi connectivity index (χ1n) is 13.2. The first-order chi connectivity index (χ1) is 18.7. The van der Waals surface area contributed by atoms with Crippen LogP contribution in [0.25, 0.3) is 0 Å². The van der Waals surface area contributed by atoms with Gasteiger partial charge in [-0.3, -0.25) is 13.9 Å². The van der Waals surface area contributed by atoms with Gasteiger partial charge >= 0.3 is 0 Å². The molecular formula is C31H38ClN3O4S. The number of para-hydroxylation sites is 1. The molecule has 0 spiro atoms. The predicted molar refractivity (Wildman–Crippen MR) is 161 cm³/mol. The lowest BCUT2D eigenvalue weighted by molar-refractivity contribution is -0.141.